The lowest BCUT2D eigenvalue weighted by Gasteiger charge is -2.08. The highest BCUT2D eigenvalue weighted by atomic mass is 127. The van der Waals surface area contributed by atoms with Crippen LogP contribution in [0.15, 0.2) is 6.20 Å². The highest BCUT2D eigenvalue weighted by molar-refractivity contribution is 14.1. The maximum Gasteiger partial charge on any atom is 0.281 e. The first-order valence-corrected chi connectivity index (χ1v) is 5.78. The molecule has 0 saturated heterocycles. The predicted octanol–water partition coefficient (Wildman–Crippen LogP) is 3.33. The van der Waals surface area contributed by atoms with Crippen molar-refractivity contribution in [3.05, 3.63) is 26.6 Å². The molecular formula is C8H5BrF2INO. The second-order valence-corrected chi connectivity index (χ2v) is 4.16. The lowest BCUT2D eigenvalue weighted by atomic mass is 10.1. The van der Waals surface area contributed by atoms with Crippen molar-refractivity contribution in [3.63, 3.8) is 0 Å². The van der Waals surface area contributed by atoms with Gasteiger partial charge in [-0.2, -0.15) is 0 Å². The van der Waals surface area contributed by atoms with Gasteiger partial charge in [0.25, 0.3) is 6.43 Å². The molecule has 2 nitrogen and oxygen atoms in total. The Balaban J connectivity index is 3.40. The van der Waals surface area contributed by atoms with Gasteiger partial charge >= 0.3 is 0 Å². The maximum atomic E-state index is 12.4. The molecule has 0 bridgehead atoms. The average Bonchev–Trinajstić information content (AvgIpc) is 2.16. The summed E-state index contributed by atoms with van der Waals surface area (Å²) in [5, 5.41) is 0.363. The minimum atomic E-state index is -2.72. The van der Waals surface area contributed by atoms with Gasteiger partial charge in [0.15, 0.2) is 6.29 Å². The maximum absolute atomic E-state index is 12.4. The Hall–Kier alpha value is -0.110. The third-order valence-corrected chi connectivity index (χ3v) is 3.15. The fourth-order valence-corrected chi connectivity index (χ4v) is 2.75. The van der Waals surface area contributed by atoms with Gasteiger partial charge in [0.1, 0.15) is 5.69 Å². The van der Waals surface area contributed by atoms with Gasteiger partial charge in [-0.15, -0.1) is 0 Å². The molecule has 0 aliphatic heterocycles. The highest BCUT2D eigenvalue weighted by Gasteiger charge is 2.18. The van der Waals surface area contributed by atoms with Crippen molar-refractivity contribution in [2.45, 2.75) is 11.8 Å². The predicted molar refractivity (Wildman–Crippen MR) is 59.9 cm³/mol. The number of halogens is 4. The summed E-state index contributed by atoms with van der Waals surface area (Å²) in [5.74, 6) is 0. The van der Waals surface area contributed by atoms with Gasteiger partial charge < -0.3 is 0 Å². The molecule has 1 rings (SSSR count). The van der Waals surface area contributed by atoms with Crippen LogP contribution in [0.25, 0.3) is 0 Å². The van der Waals surface area contributed by atoms with E-state index in [0.29, 0.717) is 20.7 Å². The lowest BCUT2D eigenvalue weighted by Crippen LogP contribution is -2.03. The van der Waals surface area contributed by atoms with E-state index in [9.17, 15) is 13.6 Å². The van der Waals surface area contributed by atoms with Gasteiger partial charge in [0.2, 0.25) is 0 Å². The van der Waals surface area contributed by atoms with Crippen LogP contribution < -0.4 is 0 Å². The number of carbonyl (C=O) groups is 1. The molecule has 1 aromatic heterocycles. The third-order valence-electron chi connectivity index (χ3n) is 1.66. The van der Waals surface area contributed by atoms with Crippen molar-refractivity contribution >= 4 is 44.8 Å². The molecule has 0 unspecified atom stereocenters. The molecule has 6 heteroatoms. The summed E-state index contributed by atoms with van der Waals surface area (Å²) in [5.41, 5.74) is 0.101. The number of hydrogen-bond donors (Lipinski definition) is 0. The normalized spacial score (nSPS) is 10.6. The summed E-state index contributed by atoms with van der Waals surface area (Å²) in [7, 11) is 0. The molecule has 0 radical (unpaired) electrons. The second-order valence-electron chi connectivity index (χ2n) is 2.44. The Morgan fingerprint density at radius 3 is 2.71 bits per heavy atom. The number of aromatic nitrogens is 1. The van der Waals surface area contributed by atoms with E-state index < -0.39 is 12.1 Å². The first-order chi connectivity index (χ1) is 6.61. The zero-order valence-corrected chi connectivity index (χ0v) is 10.5. The summed E-state index contributed by atoms with van der Waals surface area (Å²) in [6, 6.07) is 0. The molecule has 0 aliphatic carbocycles. The minimum absolute atomic E-state index is 0.0104. The molecule has 0 aliphatic rings. The average molecular weight is 376 g/mol. The third kappa shape index (κ3) is 2.28. The molecule has 0 N–H and O–H groups in total. The van der Waals surface area contributed by atoms with Gasteiger partial charge in [-0.1, -0.05) is 15.9 Å². The Bertz CT molecular complexity index is 359. The number of alkyl halides is 3. The zero-order valence-electron chi connectivity index (χ0n) is 6.81. The van der Waals surface area contributed by atoms with Crippen LogP contribution in [0.3, 0.4) is 0 Å². The lowest BCUT2D eigenvalue weighted by molar-refractivity contribution is 0.110. The quantitative estimate of drug-likeness (QED) is 0.461. The molecule has 0 atom stereocenters. The number of hydrogen-bond acceptors (Lipinski definition) is 2. The molecule has 0 fully saturated rings. The molecule has 14 heavy (non-hydrogen) atoms. The van der Waals surface area contributed by atoms with E-state index in [4.69, 9.17) is 0 Å². The SMILES string of the molecule is O=Cc1c(C(F)F)ncc(I)c1CBr. The van der Waals surface area contributed by atoms with Gasteiger partial charge in [-0.05, 0) is 28.2 Å². The standard InChI is InChI=1S/C8H5BrF2INO/c9-1-4-5(3-14)7(8(10)11)13-2-6(4)12/h2-3,8H,1H2. The van der Waals surface area contributed by atoms with E-state index in [2.05, 4.69) is 20.9 Å². The molecule has 0 spiro atoms. The number of nitrogens with zero attached hydrogens (tertiary/aromatic N) is 1. The van der Waals surface area contributed by atoms with Crippen molar-refractivity contribution in [1.29, 1.82) is 0 Å². The van der Waals surface area contributed by atoms with Crippen LogP contribution in [0.2, 0.25) is 0 Å². The van der Waals surface area contributed by atoms with Crippen LogP contribution in [0.1, 0.15) is 28.0 Å². The number of rotatable bonds is 3. The van der Waals surface area contributed by atoms with Crippen LogP contribution in [-0.4, -0.2) is 11.3 Å². The van der Waals surface area contributed by atoms with Crippen molar-refractivity contribution < 1.29 is 13.6 Å². The Labute approximate surface area is 101 Å². The highest BCUT2D eigenvalue weighted by Crippen LogP contribution is 2.26. The Morgan fingerprint density at radius 2 is 2.29 bits per heavy atom. The number of pyridine rings is 1. The number of aldehydes is 1. The largest absolute Gasteiger partial charge is 0.298 e. The van der Waals surface area contributed by atoms with Crippen molar-refractivity contribution in [2.24, 2.45) is 0 Å². The molecule has 0 saturated carbocycles. The summed E-state index contributed by atoms with van der Waals surface area (Å²) in [6.07, 6.45) is -0.955. The first kappa shape index (κ1) is 12.0. The monoisotopic (exact) mass is 375 g/mol. The van der Waals surface area contributed by atoms with Crippen LogP contribution in [0.5, 0.6) is 0 Å². The summed E-state index contributed by atoms with van der Waals surface area (Å²) >= 11 is 5.10. The smallest absolute Gasteiger partial charge is 0.281 e. The zero-order chi connectivity index (χ0) is 10.7. The molecular weight excluding hydrogens is 371 g/mol. The molecule has 0 aromatic carbocycles. The molecule has 1 aromatic rings. The molecule has 1 heterocycles. The van der Waals surface area contributed by atoms with Crippen molar-refractivity contribution in [3.8, 4) is 0 Å². The van der Waals surface area contributed by atoms with Gasteiger partial charge in [0.05, 0.1) is 0 Å². The van der Waals surface area contributed by atoms with E-state index in [0.717, 1.165) is 0 Å². The number of carbonyl (C=O) groups excluding carboxylic acids is 1. The van der Waals surface area contributed by atoms with Crippen LogP contribution >= 0.6 is 38.5 Å². The summed E-state index contributed by atoms with van der Waals surface area (Å²) in [4.78, 5) is 14.2. The van der Waals surface area contributed by atoms with Crippen LogP contribution in [-0.2, 0) is 5.33 Å². The summed E-state index contributed by atoms with van der Waals surface area (Å²) < 4.78 is 25.5. The van der Waals surface area contributed by atoms with E-state index in [1.54, 1.807) is 0 Å². The van der Waals surface area contributed by atoms with Gasteiger partial charge in [0, 0.05) is 20.7 Å². The van der Waals surface area contributed by atoms with Crippen LogP contribution in [0.4, 0.5) is 8.78 Å². The minimum Gasteiger partial charge on any atom is -0.298 e. The molecule has 0 amide bonds. The second kappa shape index (κ2) is 5.11. The van der Waals surface area contributed by atoms with E-state index >= 15 is 0 Å². The fourth-order valence-electron chi connectivity index (χ4n) is 0.998. The van der Waals surface area contributed by atoms with E-state index in [1.807, 2.05) is 22.6 Å². The Morgan fingerprint density at radius 1 is 1.64 bits per heavy atom. The fraction of sp³-hybridized carbons (Fsp3) is 0.250. The molecule has 76 valence electrons. The summed E-state index contributed by atoms with van der Waals surface area (Å²) in [6.45, 7) is 0. The van der Waals surface area contributed by atoms with Gasteiger partial charge in [-0.25, -0.2) is 8.78 Å². The van der Waals surface area contributed by atoms with E-state index in [-0.39, 0.29) is 5.56 Å². The Kier molecular flexibility index (Phi) is 4.36. The van der Waals surface area contributed by atoms with Gasteiger partial charge in [-0.3, -0.25) is 9.78 Å². The van der Waals surface area contributed by atoms with Crippen LogP contribution in [0, 0.1) is 3.57 Å². The van der Waals surface area contributed by atoms with Crippen molar-refractivity contribution in [2.75, 3.05) is 0 Å². The van der Waals surface area contributed by atoms with Crippen molar-refractivity contribution in [1.82, 2.24) is 4.98 Å². The van der Waals surface area contributed by atoms with E-state index in [1.165, 1.54) is 6.20 Å². The topological polar surface area (TPSA) is 30.0 Å². The first-order valence-electron chi connectivity index (χ1n) is 3.58.